The third kappa shape index (κ3) is 4.11. The average Bonchev–Trinajstić information content (AvgIpc) is 1.88. The highest BCUT2D eigenvalue weighted by Gasteiger charge is 2.04. The molecule has 2 heteroatoms. The molecule has 0 fully saturated rings. The van der Waals surface area contributed by atoms with Crippen LogP contribution in [-0.4, -0.2) is 18.9 Å². The van der Waals surface area contributed by atoms with E-state index in [1.54, 1.807) is 0 Å². The van der Waals surface area contributed by atoms with E-state index in [4.69, 9.17) is 6.42 Å². The van der Waals surface area contributed by atoms with Gasteiger partial charge in [0.05, 0.1) is 13.1 Å². The minimum Gasteiger partial charge on any atom is -0.299 e. The molecule has 1 N–H and O–H groups in total. The van der Waals surface area contributed by atoms with E-state index in [0.717, 1.165) is 0 Å². The Kier molecular flexibility index (Phi) is 4.61. The first kappa shape index (κ1) is 9.19. The normalized spacial score (nSPS) is 9.40. The van der Waals surface area contributed by atoms with Crippen LogP contribution in [0.5, 0.6) is 0 Å². The van der Waals surface area contributed by atoms with Gasteiger partial charge in [-0.3, -0.25) is 10.1 Å². The Bertz CT molecular complexity index is 144. The van der Waals surface area contributed by atoms with Crippen LogP contribution in [-0.2, 0) is 4.79 Å². The van der Waals surface area contributed by atoms with Crippen LogP contribution in [0.4, 0.5) is 0 Å². The van der Waals surface area contributed by atoms with Gasteiger partial charge < -0.3 is 0 Å². The Hall–Kier alpha value is -0.810. The summed E-state index contributed by atoms with van der Waals surface area (Å²) in [6.07, 6.45) is 4.97. The van der Waals surface area contributed by atoms with Gasteiger partial charge in [-0.2, -0.15) is 0 Å². The second-order valence-electron chi connectivity index (χ2n) is 2.43. The molecule has 0 amide bonds. The maximum atomic E-state index is 10.9. The zero-order valence-electron chi connectivity index (χ0n) is 6.48. The average molecular weight is 139 g/mol. The lowest BCUT2D eigenvalue weighted by Crippen LogP contribution is -2.26. The van der Waals surface area contributed by atoms with E-state index in [1.807, 2.05) is 13.8 Å². The van der Waals surface area contributed by atoms with Crippen LogP contribution < -0.4 is 5.32 Å². The van der Waals surface area contributed by atoms with Crippen LogP contribution in [0.25, 0.3) is 0 Å². The van der Waals surface area contributed by atoms with E-state index in [0.29, 0.717) is 13.1 Å². The second-order valence-corrected chi connectivity index (χ2v) is 2.43. The third-order valence-corrected chi connectivity index (χ3v) is 1.17. The van der Waals surface area contributed by atoms with Crippen molar-refractivity contribution < 1.29 is 4.79 Å². The van der Waals surface area contributed by atoms with Crippen LogP contribution in [0.15, 0.2) is 0 Å². The third-order valence-electron chi connectivity index (χ3n) is 1.17. The van der Waals surface area contributed by atoms with Crippen molar-refractivity contribution in [1.82, 2.24) is 5.32 Å². The van der Waals surface area contributed by atoms with E-state index in [-0.39, 0.29) is 11.7 Å². The first-order chi connectivity index (χ1) is 4.68. The maximum Gasteiger partial charge on any atom is 0.149 e. The lowest BCUT2D eigenvalue weighted by molar-refractivity contribution is -0.120. The summed E-state index contributed by atoms with van der Waals surface area (Å²) >= 11 is 0. The van der Waals surface area contributed by atoms with Gasteiger partial charge >= 0.3 is 0 Å². The summed E-state index contributed by atoms with van der Waals surface area (Å²) < 4.78 is 0. The predicted molar refractivity (Wildman–Crippen MR) is 41.5 cm³/mol. The summed E-state index contributed by atoms with van der Waals surface area (Å²) in [6, 6.07) is 0. The van der Waals surface area contributed by atoms with Crippen molar-refractivity contribution in [2.24, 2.45) is 5.92 Å². The molecule has 0 unspecified atom stereocenters. The standard InChI is InChI=1S/C8H13NO/c1-4-5-9-6-8(10)7(2)3/h1,7,9H,5-6H2,2-3H3. The molecule has 0 radical (unpaired) electrons. The predicted octanol–water partition coefficient (Wildman–Crippen LogP) is 0.434. The van der Waals surface area contributed by atoms with Crippen LogP contribution in [0, 0.1) is 18.3 Å². The lowest BCUT2D eigenvalue weighted by atomic mass is 10.1. The number of carbonyl (C=O) groups is 1. The second kappa shape index (κ2) is 5.01. The molecule has 56 valence electrons. The number of hydrogen-bond acceptors (Lipinski definition) is 2. The van der Waals surface area contributed by atoms with Crippen LogP contribution in [0.1, 0.15) is 13.8 Å². The van der Waals surface area contributed by atoms with Gasteiger partial charge in [-0.15, -0.1) is 6.42 Å². The maximum absolute atomic E-state index is 10.9. The largest absolute Gasteiger partial charge is 0.299 e. The van der Waals surface area contributed by atoms with Crippen molar-refractivity contribution in [2.45, 2.75) is 13.8 Å². The molecular formula is C8H13NO. The highest BCUT2D eigenvalue weighted by atomic mass is 16.1. The van der Waals surface area contributed by atoms with Crippen molar-refractivity contribution in [3.8, 4) is 12.3 Å². The fourth-order valence-corrected chi connectivity index (χ4v) is 0.462. The van der Waals surface area contributed by atoms with Crippen molar-refractivity contribution in [3.63, 3.8) is 0 Å². The fourth-order valence-electron chi connectivity index (χ4n) is 0.462. The number of terminal acetylenes is 1. The van der Waals surface area contributed by atoms with Crippen LogP contribution in [0.3, 0.4) is 0 Å². The van der Waals surface area contributed by atoms with E-state index >= 15 is 0 Å². The van der Waals surface area contributed by atoms with Gasteiger partial charge in [0.25, 0.3) is 0 Å². The highest BCUT2D eigenvalue weighted by Crippen LogP contribution is 1.91. The van der Waals surface area contributed by atoms with Crippen LogP contribution in [0.2, 0.25) is 0 Å². The Morgan fingerprint density at radius 2 is 2.30 bits per heavy atom. The molecule has 0 spiro atoms. The van der Waals surface area contributed by atoms with Gasteiger partial charge in [0.15, 0.2) is 0 Å². The Morgan fingerprint density at radius 1 is 1.70 bits per heavy atom. The number of ketones is 1. The van der Waals surface area contributed by atoms with E-state index < -0.39 is 0 Å². The molecule has 0 aromatic rings. The topological polar surface area (TPSA) is 29.1 Å². The summed E-state index contributed by atoms with van der Waals surface area (Å²) in [7, 11) is 0. The van der Waals surface area contributed by atoms with Gasteiger partial charge in [0, 0.05) is 5.92 Å². The van der Waals surface area contributed by atoms with E-state index in [9.17, 15) is 4.79 Å². The van der Waals surface area contributed by atoms with Crippen molar-refractivity contribution >= 4 is 5.78 Å². The van der Waals surface area contributed by atoms with E-state index in [1.165, 1.54) is 0 Å². The van der Waals surface area contributed by atoms with Gasteiger partial charge in [-0.1, -0.05) is 19.8 Å². The van der Waals surface area contributed by atoms with Gasteiger partial charge in [0.1, 0.15) is 5.78 Å². The monoisotopic (exact) mass is 139 g/mol. The van der Waals surface area contributed by atoms with Crippen LogP contribution >= 0.6 is 0 Å². The number of Topliss-reactive ketones (excluding diaryl/α,β-unsaturated/α-hetero) is 1. The van der Waals surface area contributed by atoms with Gasteiger partial charge in [0.2, 0.25) is 0 Å². The smallest absolute Gasteiger partial charge is 0.149 e. The fraction of sp³-hybridized carbons (Fsp3) is 0.625. The molecule has 0 heterocycles. The molecule has 0 saturated carbocycles. The quantitative estimate of drug-likeness (QED) is 0.452. The summed E-state index contributed by atoms with van der Waals surface area (Å²) in [5, 5.41) is 2.83. The summed E-state index contributed by atoms with van der Waals surface area (Å²) in [4.78, 5) is 10.9. The Labute approximate surface area is 62.0 Å². The molecule has 0 aromatic heterocycles. The number of rotatable bonds is 4. The molecule has 0 bridgehead atoms. The molecule has 2 nitrogen and oxygen atoms in total. The minimum absolute atomic E-state index is 0.102. The summed E-state index contributed by atoms with van der Waals surface area (Å²) in [6.45, 7) is 4.61. The Balaban J connectivity index is 3.33. The SMILES string of the molecule is C#CCNCC(=O)C(C)C. The van der Waals surface area contributed by atoms with Crippen molar-refractivity contribution in [2.75, 3.05) is 13.1 Å². The minimum atomic E-state index is 0.102. The van der Waals surface area contributed by atoms with Gasteiger partial charge in [-0.05, 0) is 0 Å². The van der Waals surface area contributed by atoms with E-state index in [2.05, 4.69) is 11.2 Å². The first-order valence-electron chi connectivity index (χ1n) is 3.35. The first-order valence-corrected chi connectivity index (χ1v) is 3.35. The molecule has 0 aliphatic carbocycles. The zero-order chi connectivity index (χ0) is 7.98. The lowest BCUT2D eigenvalue weighted by Gasteiger charge is -2.02. The van der Waals surface area contributed by atoms with Crippen molar-refractivity contribution in [3.05, 3.63) is 0 Å². The molecule has 10 heavy (non-hydrogen) atoms. The summed E-state index contributed by atoms with van der Waals surface area (Å²) in [5.41, 5.74) is 0. The number of nitrogens with one attached hydrogen (secondary N) is 1. The number of hydrogen-bond donors (Lipinski definition) is 1. The molecule has 0 atom stereocenters. The molecule has 0 aromatic carbocycles. The molecular weight excluding hydrogens is 126 g/mol. The molecule has 0 saturated heterocycles. The molecule has 0 aliphatic heterocycles. The zero-order valence-corrected chi connectivity index (χ0v) is 6.48. The van der Waals surface area contributed by atoms with Crippen molar-refractivity contribution in [1.29, 1.82) is 0 Å². The van der Waals surface area contributed by atoms with Gasteiger partial charge in [-0.25, -0.2) is 0 Å². The Morgan fingerprint density at radius 3 is 2.70 bits per heavy atom. The molecule has 0 rings (SSSR count). The summed E-state index contributed by atoms with van der Waals surface area (Å²) in [5.74, 6) is 2.70. The number of carbonyl (C=O) groups excluding carboxylic acids is 1. The highest BCUT2D eigenvalue weighted by molar-refractivity contribution is 5.82. The molecule has 0 aliphatic rings.